The lowest BCUT2D eigenvalue weighted by Gasteiger charge is -2.18. The molecule has 6 heteroatoms. The van der Waals surface area contributed by atoms with E-state index >= 15 is 0 Å². The van der Waals surface area contributed by atoms with E-state index in [4.69, 9.17) is 14.2 Å². The Labute approximate surface area is 509 Å². The second-order valence-corrected chi connectivity index (χ2v) is 20.6. The van der Waals surface area contributed by atoms with Crippen LogP contribution in [0.4, 0.5) is 0 Å². The molecule has 0 aromatic carbocycles. The minimum atomic E-state index is -0.862. The van der Waals surface area contributed by atoms with Gasteiger partial charge in [0, 0.05) is 12.8 Å². The lowest BCUT2D eigenvalue weighted by molar-refractivity contribution is -0.166. The molecule has 0 saturated carbocycles. The van der Waals surface area contributed by atoms with Gasteiger partial charge >= 0.3 is 17.9 Å². The van der Waals surface area contributed by atoms with E-state index in [9.17, 15) is 14.4 Å². The first-order chi connectivity index (χ1) is 41.0. The van der Waals surface area contributed by atoms with Crippen molar-refractivity contribution >= 4 is 17.9 Å². The highest BCUT2D eigenvalue weighted by molar-refractivity contribution is 5.72. The molecule has 0 aromatic rings. The van der Waals surface area contributed by atoms with Crippen LogP contribution in [0.25, 0.3) is 0 Å². The van der Waals surface area contributed by atoms with Crippen molar-refractivity contribution in [1.29, 1.82) is 0 Å². The molecular formula is C77H116O6. The molecule has 0 aromatic heterocycles. The van der Waals surface area contributed by atoms with Gasteiger partial charge in [-0.15, -0.1) is 0 Å². The Hall–Kier alpha value is -6.01. The molecule has 6 nitrogen and oxygen atoms in total. The van der Waals surface area contributed by atoms with Gasteiger partial charge in [-0.25, -0.2) is 0 Å². The first-order valence-electron chi connectivity index (χ1n) is 32.6. The van der Waals surface area contributed by atoms with Gasteiger partial charge < -0.3 is 14.2 Å². The van der Waals surface area contributed by atoms with E-state index in [2.05, 4.69) is 215 Å². The van der Waals surface area contributed by atoms with Gasteiger partial charge in [0.1, 0.15) is 13.2 Å². The molecule has 0 aliphatic rings. The molecule has 0 aliphatic carbocycles. The summed E-state index contributed by atoms with van der Waals surface area (Å²) in [4.78, 5) is 38.2. The summed E-state index contributed by atoms with van der Waals surface area (Å²) in [5.74, 6) is -1.12. The average Bonchev–Trinajstić information content (AvgIpc) is 3.49. The molecule has 460 valence electrons. The lowest BCUT2D eigenvalue weighted by atomic mass is 10.1. The van der Waals surface area contributed by atoms with E-state index in [0.29, 0.717) is 19.3 Å². The third-order valence-electron chi connectivity index (χ3n) is 12.8. The van der Waals surface area contributed by atoms with E-state index in [0.717, 1.165) is 167 Å². The zero-order valence-corrected chi connectivity index (χ0v) is 52.6. The van der Waals surface area contributed by atoms with Gasteiger partial charge in [0.15, 0.2) is 6.10 Å². The molecule has 0 aliphatic heterocycles. The number of rotatable bonds is 56. The minimum absolute atomic E-state index is 0.0770. The first kappa shape index (κ1) is 77.0. The Bertz CT molecular complexity index is 2030. The topological polar surface area (TPSA) is 78.9 Å². The smallest absolute Gasteiger partial charge is 0.310 e. The Morgan fingerprint density at radius 1 is 0.265 bits per heavy atom. The summed E-state index contributed by atoms with van der Waals surface area (Å²) < 4.78 is 16.7. The summed E-state index contributed by atoms with van der Waals surface area (Å²) in [6, 6.07) is 0. The van der Waals surface area contributed by atoms with Gasteiger partial charge in [0.2, 0.25) is 0 Å². The van der Waals surface area contributed by atoms with Crippen LogP contribution in [-0.2, 0) is 28.6 Å². The molecule has 83 heavy (non-hydrogen) atoms. The standard InChI is InChI=1S/C77H116O6/c1-4-7-10-13-16-19-22-25-28-29-30-31-32-33-34-35-36-37-38-39-40-41-42-43-44-45-46-47-50-52-55-58-61-64-67-70-76(79)82-73-74(83-77(80)71-68-65-62-59-56-53-49-27-24-21-18-15-12-9-6-3)72-81-75(78)69-66-63-60-57-54-51-48-26-23-20-17-14-11-8-5-2/h7,9-10,12,16-21,25-28,30-31,33-34,36-37,39-40,42-43,45-46,48-50,52,56,59,65,68,74H,4-6,8,11,13-15,22-24,29,32,35,38,41,44,47,51,53-55,57-58,60-64,66-67,69-73H2,1-3H3/b10-7-,12-9-,19-16-,20-17-,21-18-,28-25-,31-30-,34-33-,37-36-,40-39-,43-42-,46-45-,48-26-,49-27-,52-50-,59-56-,68-65-. The van der Waals surface area contributed by atoms with Crippen LogP contribution in [0.15, 0.2) is 207 Å². The third kappa shape index (κ3) is 66.7. The number of carbonyl (C=O) groups excluding carboxylic acids is 3. The summed E-state index contributed by atoms with van der Waals surface area (Å²) in [5, 5.41) is 0. The number of hydrogen-bond acceptors (Lipinski definition) is 6. The van der Waals surface area contributed by atoms with Crippen molar-refractivity contribution in [3.05, 3.63) is 207 Å². The van der Waals surface area contributed by atoms with Gasteiger partial charge in [-0.05, 0) is 154 Å². The number of carbonyl (C=O) groups is 3. The van der Waals surface area contributed by atoms with E-state index < -0.39 is 12.1 Å². The quantitative estimate of drug-likeness (QED) is 0.0261. The van der Waals surface area contributed by atoms with Crippen LogP contribution in [0.5, 0.6) is 0 Å². The van der Waals surface area contributed by atoms with E-state index in [1.807, 2.05) is 6.08 Å². The minimum Gasteiger partial charge on any atom is -0.462 e. The molecule has 1 atom stereocenters. The van der Waals surface area contributed by atoms with Crippen LogP contribution in [0.3, 0.4) is 0 Å². The van der Waals surface area contributed by atoms with Crippen molar-refractivity contribution in [2.24, 2.45) is 0 Å². The molecule has 0 bridgehead atoms. The van der Waals surface area contributed by atoms with Crippen LogP contribution >= 0.6 is 0 Å². The highest BCUT2D eigenvalue weighted by Gasteiger charge is 2.19. The fraction of sp³-hybridized carbons (Fsp3) is 0.519. The van der Waals surface area contributed by atoms with Gasteiger partial charge in [0.25, 0.3) is 0 Å². The van der Waals surface area contributed by atoms with Crippen LogP contribution in [0.2, 0.25) is 0 Å². The maximum absolute atomic E-state index is 12.8. The van der Waals surface area contributed by atoms with Crippen molar-refractivity contribution < 1.29 is 28.6 Å². The highest BCUT2D eigenvalue weighted by atomic mass is 16.6. The first-order valence-corrected chi connectivity index (χ1v) is 32.6. The number of unbranched alkanes of at least 4 members (excludes halogenated alkanes) is 12. The molecule has 0 heterocycles. The Balaban J connectivity index is 4.44. The molecule has 1 unspecified atom stereocenters. The molecule has 0 radical (unpaired) electrons. The zero-order chi connectivity index (χ0) is 59.9. The predicted molar refractivity (Wildman–Crippen MR) is 361 cm³/mol. The van der Waals surface area contributed by atoms with Crippen LogP contribution in [0.1, 0.15) is 239 Å². The van der Waals surface area contributed by atoms with Crippen LogP contribution < -0.4 is 0 Å². The fourth-order valence-corrected chi connectivity index (χ4v) is 7.99. The number of hydrogen-bond donors (Lipinski definition) is 0. The lowest BCUT2D eigenvalue weighted by Crippen LogP contribution is -2.30. The van der Waals surface area contributed by atoms with E-state index in [1.54, 1.807) is 6.08 Å². The van der Waals surface area contributed by atoms with Gasteiger partial charge in [-0.1, -0.05) is 272 Å². The third-order valence-corrected chi connectivity index (χ3v) is 12.8. The highest BCUT2D eigenvalue weighted by Crippen LogP contribution is 2.12. The zero-order valence-electron chi connectivity index (χ0n) is 52.6. The fourth-order valence-electron chi connectivity index (χ4n) is 7.99. The Kier molecular flexibility index (Phi) is 63.5. The monoisotopic (exact) mass is 1140 g/mol. The molecule has 0 fully saturated rings. The summed E-state index contributed by atoms with van der Waals surface area (Å²) >= 11 is 0. The predicted octanol–water partition coefficient (Wildman–Crippen LogP) is 22.8. The Morgan fingerprint density at radius 2 is 0.506 bits per heavy atom. The SMILES string of the molecule is CC/C=C\C/C=C\C/C=C\C/C=C\C/C=C\C/C=C\C/C=C\C/C=C\C/C=C\C/C=C\CCCCCCC(=O)OCC(COC(=O)CCCCCCC/C=C\C/C=C\CCCCC)OC(=O)C/C=C\C/C=C\C/C=C\C/C=C\C/C=C\CC. The van der Waals surface area contributed by atoms with Crippen molar-refractivity contribution in [3.63, 3.8) is 0 Å². The molecule has 0 saturated heterocycles. The molecule has 0 spiro atoms. The summed E-state index contributed by atoms with van der Waals surface area (Å²) in [6.45, 7) is 6.24. The van der Waals surface area contributed by atoms with Crippen molar-refractivity contribution in [2.45, 2.75) is 245 Å². The molecule has 0 amide bonds. The molecule has 0 N–H and O–H groups in total. The van der Waals surface area contributed by atoms with E-state index in [-0.39, 0.29) is 31.6 Å². The van der Waals surface area contributed by atoms with Crippen LogP contribution in [0, 0.1) is 0 Å². The molecular weight excluding hydrogens is 1020 g/mol. The van der Waals surface area contributed by atoms with Gasteiger partial charge in [-0.2, -0.15) is 0 Å². The maximum atomic E-state index is 12.8. The summed E-state index contributed by atoms with van der Waals surface area (Å²) in [6.07, 6.45) is 106. The van der Waals surface area contributed by atoms with Crippen LogP contribution in [-0.4, -0.2) is 37.2 Å². The van der Waals surface area contributed by atoms with Crippen molar-refractivity contribution in [1.82, 2.24) is 0 Å². The van der Waals surface area contributed by atoms with Crippen molar-refractivity contribution in [3.8, 4) is 0 Å². The second-order valence-electron chi connectivity index (χ2n) is 20.6. The number of esters is 3. The van der Waals surface area contributed by atoms with Gasteiger partial charge in [-0.3, -0.25) is 14.4 Å². The summed E-state index contributed by atoms with van der Waals surface area (Å²) in [5.41, 5.74) is 0. The number of ether oxygens (including phenoxy) is 3. The summed E-state index contributed by atoms with van der Waals surface area (Å²) in [7, 11) is 0. The molecule has 0 rings (SSSR count). The van der Waals surface area contributed by atoms with Gasteiger partial charge in [0.05, 0.1) is 6.42 Å². The number of allylic oxidation sites excluding steroid dienone is 33. The largest absolute Gasteiger partial charge is 0.462 e. The maximum Gasteiger partial charge on any atom is 0.310 e. The average molecular weight is 1140 g/mol. The van der Waals surface area contributed by atoms with E-state index in [1.165, 1.54) is 25.7 Å². The normalized spacial score (nSPS) is 13.5. The second kappa shape index (κ2) is 68.5. The Morgan fingerprint density at radius 3 is 0.795 bits per heavy atom. The van der Waals surface area contributed by atoms with Crippen molar-refractivity contribution in [2.75, 3.05) is 13.2 Å².